The number of nitrogens with zero attached hydrogens (tertiary/aromatic N) is 2. The fraction of sp³-hybridized carbons (Fsp3) is 0.250. The van der Waals surface area contributed by atoms with Crippen LogP contribution in [0, 0.1) is 0 Å². The van der Waals surface area contributed by atoms with E-state index >= 15 is 0 Å². The second-order valence-corrected chi connectivity index (χ2v) is 22.8. The Kier molecular flexibility index (Phi) is 10.1. The van der Waals surface area contributed by atoms with Gasteiger partial charge >= 0.3 is 0 Å². The molecule has 0 radical (unpaired) electrons. The van der Waals surface area contributed by atoms with Gasteiger partial charge in [-0.2, -0.15) is 0 Å². The normalized spacial score (nSPS) is 12.8. The van der Waals surface area contributed by atoms with E-state index in [1.54, 1.807) is 0 Å². The molecule has 0 spiro atoms. The molecule has 0 aromatic heterocycles. The van der Waals surface area contributed by atoms with Crippen LogP contribution in [0.5, 0.6) is 0 Å². The van der Waals surface area contributed by atoms with Crippen LogP contribution in [-0.4, -0.2) is 0 Å². The molecule has 0 fully saturated rings. The van der Waals surface area contributed by atoms with Gasteiger partial charge in [-0.3, -0.25) is 0 Å². The molecule has 2 heteroatoms. The van der Waals surface area contributed by atoms with Crippen LogP contribution < -0.4 is 9.80 Å². The van der Waals surface area contributed by atoms with E-state index in [1.807, 2.05) is 0 Å². The first-order valence-electron chi connectivity index (χ1n) is 23.8. The lowest BCUT2D eigenvalue weighted by molar-refractivity contribution is 0.568. The lowest BCUT2D eigenvalue weighted by Crippen LogP contribution is -2.19. The highest BCUT2D eigenvalue weighted by Crippen LogP contribution is 2.50. The Bertz CT molecular complexity index is 3160. The molecule has 0 atom stereocenters. The molecular weight excluding hydrogens is 797 g/mol. The maximum atomic E-state index is 2.55. The summed E-state index contributed by atoms with van der Waals surface area (Å²) in [5.41, 5.74) is 12.2. The summed E-state index contributed by atoms with van der Waals surface area (Å²) < 4.78 is 0. The van der Waals surface area contributed by atoms with Crippen molar-refractivity contribution in [3.63, 3.8) is 0 Å². The smallest absolute Gasteiger partial charge is 0.0540 e. The standard InChI is InChI=1S/C64H64N2/c1-61(2,3)45-35-46(62(4,5)6)38-49(37-45)65(55-25-17-21-41-19-13-15-23-51(41)55)57-33-29-43-28-32-54-58(34-30-44-27-31-53(57)59(43)60(44)54)66(56-26-18-22-42-20-14-16-24-52(42)56)50-39-47(63(7,8)9)36-48(40-50)64(10,11)12/h13-40H,1-12H3. The summed E-state index contributed by atoms with van der Waals surface area (Å²) in [6.07, 6.45) is 0. The van der Waals surface area contributed by atoms with Crippen molar-refractivity contribution >= 4 is 88.0 Å². The first kappa shape index (κ1) is 43.3. The van der Waals surface area contributed by atoms with E-state index in [-0.39, 0.29) is 21.7 Å². The third kappa shape index (κ3) is 7.55. The number of rotatable bonds is 6. The molecule has 0 N–H and O–H groups in total. The summed E-state index contributed by atoms with van der Waals surface area (Å²) in [7, 11) is 0. The molecular formula is C64H64N2. The van der Waals surface area contributed by atoms with Crippen molar-refractivity contribution < 1.29 is 0 Å². The van der Waals surface area contributed by atoms with E-state index in [0.717, 1.165) is 0 Å². The summed E-state index contributed by atoms with van der Waals surface area (Å²) in [5.74, 6) is 0. The summed E-state index contributed by atoms with van der Waals surface area (Å²) >= 11 is 0. The lowest BCUT2D eigenvalue weighted by Gasteiger charge is -2.33. The van der Waals surface area contributed by atoms with Crippen molar-refractivity contribution in [2.45, 2.75) is 105 Å². The number of fused-ring (bicyclic) bond motifs is 2. The van der Waals surface area contributed by atoms with Crippen LogP contribution in [-0.2, 0) is 21.7 Å². The SMILES string of the molecule is CC(C)(C)c1cc(N(c2cccc3ccccc23)c2ccc3ccc4c(N(c5cc(C(C)(C)C)cc(C(C)(C)C)c5)c5cccc6ccccc56)ccc5ccc2c3c54)cc(C(C)(C)C)c1. The molecule has 0 saturated heterocycles. The zero-order chi connectivity index (χ0) is 46.5. The van der Waals surface area contributed by atoms with E-state index in [2.05, 4.69) is 263 Å². The number of hydrogen-bond donors (Lipinski definition) is 0. The largest absolute Gasteiger partial charge is 0.309 e. The molecule has 0 heterocycles. The average molecular weight is 861 g/mol. The van der Waals surface area contributed by atoms with Crippen molar-refractivity contribution in [2.24, 2.45) is 0 Å². The maximum Gasteiger partial charge on any atom is 0.0540 e. The maximum absolute atomic E-state index is 2.55. The van der Waals surface area contributed by atoms with E-state index in [9.17, 15) is 0 Å². The van der Waals surface area contributed by atoms with Crippen LogP contribution in [0.25, 0.3) is 53.9 Å². The third-order valence-electron chi connectivity index (χ3n) is 13.9. The van der Waals surface area contributed by atoms with Gasteiger partial charge < -0.3 is 9.80 Å². The van der Waals surface area contributed by atoms with Gasteiger partial charge in [0.2, 0.25) is 0 Å². The first-order valence-corrected chi connectivity index (χ1v) is 23.8. The lowest BCUT2D eigenvalue weighted by atomic mass is 9.80. The number of anilines is 6. The second kappa shape index (κ2) is 15.5. The fourth-order valence-electron chi connectivity index (χ4n) is 10.00. The highest BCUT2D eigenvalue weighted by atomic mass is 15.2. The molecule has 2 nitrogen and oxygen atoms in total. The predicted octanol–water partition coefficient (Wildman–Crippen LogP) is 19.0. The molecule has 0 bridgehead atoms. The Morgan fingerprint density at radius 1 is 0.258 bits per heavy atom. The molecule has 10 aromatic carbocycles. The highest BCUT2D eigenvalue weighted by Gasteiger charge is 2.28. The summed E-state index contributed by atoms with van der Waals surface area (Å²) in [6.45, 7) is 28.0. The van der Waals surface area contributed by atoms with Crippen molar-refractivity contribution in [1.82, 2.24) is 0 Å². The van der Waals surface area contributed by atoms with Crippen molar-refractivity contribution in [1.29, 1.82) is 0 Å². The molecule has 10 rings (SSSR count). The summed E-state index contributed by atoms with van der Waals surface area (Å²) in [4.78, 5) is 5.10. The Morgan fingerprint density at radius 2 is 0.561 bits per heavy atom. The Morgan fingerprint density at radius 3 is 0.909 bits per heavy atom. The zero-order valence-electron chi connectivity index (χ0n) is 41.1. The molecule has 0 saturated carbocycles. The Hall–Kier alpha value is -6.64. The van der Waals surface area contributed by atoms with Crippen molar-refractivity contribution in [3.05, 3.63) is 192 Å². The Labute approximate surface area is 392 Å². The van der Waals surface area contributed by atoms with Gasteiger partial charge in [0.1, 0.15) is 0 Å². The topological polar surface area (TPSA) is 6.48 Å². The second-order valence-electron chi connectivity index (χ2n) is 22.8. The molecule has 330 valence electrons. The minimum atomic E-state index is -0.0461. The molecule has 0 unspecified atom stereocenters. The number of benzene rings is 10. The average Bonchev–Trinajstić information content (AvgIpc) is 3.28. The van der Waals surface area contributed by atoms with Crippen LogP contribution in [0.2, 0.25) is 0 Å². The van der Waals surface area contributed by atoms with Gasteiger partial charge in [-0.05, 0) is 125 Å². The third-order valence-corrected chi connectivity index (χ3v) is 13.9. The fourth-order valence-corrected chi connectivity index (χ4v) is 10.00. The Balaban J connectivity index is 1.30. The van der Waals surface area contributed by atoms with Crippen LogP contribution in [0.1, 0.15) is 105 Å². The van der Waals surface area contributed by atoms with E-state index in [4.69, 9.17) is 0 Å². The quantitative estimate of drug-likeness (QED) is 0.154. The van der Waals surface area contributed by atoms with Gasteiger partial charge in [0.25, 0.3) is 0 Å². The van der Waals surface area contributed by atoms with E-state index in [0.29, 0.717) is 0 Å². The van der Waals surface area contributed by atoms with Gasteiger partial charge in [-0.1, -0.05) is 204 Å². The van der Waals surface area contributed by atoms with Crippen LogP contribution in [0.15, 0.2) is 170 Å². The molecule has 0 amide bonds. The van der Waals surface area contributed by atoms with Crippen molar-refractivity contribution in [3.8, 4) is 0 Å². The molecule has 0 aliphatic rings. The predicted molar refractivity (Wildman–Crippen MR) is 289 cm³/mol. The van der Waals surface area contributed by atoms with Crippen LogP contribution in [0.4, 0.5) is 34.1 Å². The number of hydrogen-bond acceptors (Lipinski definition) is 2. The summed E-state index contributed by atoms with van der Waals surface area (Å²) in [6, 6.07) is 64.7. The minimum Gasteiger partial charge on any atom is -0.309 e. The van der Waals surface area contributed by atoms with E-state index < -0.39 is 0 Å². The molecule has 66 heavy (non-hydrogen) atoms. The molecule has 10 aromatic rings. The monoisotopic (exact) mass is 861 g/mol. The van der Waals surface area contributed by atoms with Gasteiger partial charge in [0.05, 0.1) is 22.7 Å². The highest BCUT2D eigenvalue weighted by molar-refractivity contribution is 6.28. The van der Waals surface area contributed by atoms with Crippen LogP contribution in [0.3, 0.4) is 0 Å². The molecule has 0 aliphatic carbocycles. The van der Waals surface area contributed by atoms with Gasteiger partial charge in [0.15, 0.2) is 0 Å². The van der Waals surface area contributed by atoms with Crippen LogP contribution >= 0.6 is 0 Å². The van der Waals surface area contributed by atoms with Gasteiger partial charge in [-0.15, -0.1) is 0 Å². The van der Waals surface area contributed by atoms with Gasteiger partial charge in [-0.25, -0.2) is 0 Å². The van der Waals surface area contributed by atoms with E-state index in [1.165, 1.54) is 110 Å². The zero-order valence-corrected chi connectivity index (χ0v) is 41.1. The minimum absolute atomic E-state index is 0.0461. The first-order chi connectivity index (χ1) is 31.3. The van der Waals surface area contributed by atoms with Gasteiger partial charge in [0, 0.05) is 32.9 Å². The van der Waals surface area contributed by atoms with Crippen molar-refractivity contribution in [2.75, 3.05) is 9.80 Å². The molecule has 0 aliphatic heterocycles. The summed E-state index contributed by atoms with van der Waals surface area (Å²) in [5, 5.41) is 12.4.